The van der Waals surface area contributed by atoms with Crippen molar-refractivity contribution in [1.82, 2.24) is 4.90 Å². The Bertz CT molecular complexity index is 768. The number of nitrogens with one attached hydrogen (secondary N) is 1. The van der Waals surface area contributed by atoms with E-state index in [0.717, 1.165) is 18.8 Å². The van der Waals surface area contributed by atoms with E-state index in [4.69, 9.17) is 0 Å². The highest BCUT2D eigenvalue weighted by Crippen LogP contribution is 2.28. The minimum Gasteiger partial charge on any atom is -0.382 e. The highest BCUT2D eigenvalue weighted by Gasteiger charge is 2.32. The van der Waals surface area contributed by atoms with Crippen LogP contribution < -0.4 is 10.2 Å². The minimum absolute atomic E-state index is 0.236. The van der Waals surface area contributed by atoms with E-state index in [1.165, 1.54) is 36.9 Å². The topological polar surface area (TPSA) is 35.6 Å². The molecular weight excluding hydrogens is 334 g/mol. The van der Waals surface area contributed by atoms with Crippen LogP contribution in [0.3, 0.4) is 0 Å². The van der Waals surface area contributed by atoms with Gasteiger partial charge in [-0.1, -0.05) is 36.4 Å². The lowest BCUT2D eigenvalue weighted by atomic mass is 9.89. The molecule has 0 atom stereocenters. The quantitative estimate of drug-likeness (QED) is 0.889. The van der Waals surface area contributed by atoms with Crippen molar-refractivity contribution in [3.05, 3.63) is 60.2 Å². The molecule has 27 heavy (non-hydrogen) atoms. The van der Waals surface area contributed by atoms with Crippen LogP contribution in [0.2, 0.25) is 0 Å². The van der Waals surface area contributed by atoms with Crippen LogP contribution >= 0.6 is 0 Å². The standard InChI is InChI=1S/C23H29N3O/c1-18-7-5-6-10-22(18)26-16-15-25(17-23(26)27)21-13-11-20(12-14-21)24-19-8-3-2-4-9-19/h2-10,20-21,24H,11-17H2,1H3. The number of para-hydroxylation sites is 2. The van der Waals surface area contributed by atoms with E-state index in [-0.39, 0.29) is 5.91 Å². The zero-order valence-electron chi connectivity index (χ0n) is 16.1. The molecule has 1 saturated carbocycles. The number of carbonyl (C=O) groups is 1. The Balaban J connectivity index is 1.30. The molecule has 2 fully saturated rings. The van der Waals surface area contributed by atoms with Gasteiger partial charge in [0.1, 0.15) is 0 Å². The summed E-state index contributed by atoms with van der Waals surface area (Å²) in [5.74, 6) is 0.236. The first-order valence-corrected chi connectivity index (χ1v) is 10.1. The summed E-state index contributed by atoms with van der Waals surface area (Å²) in [5, 5.41) is 3.65. The Morgan fingerprint density at radius 1 is 0.889 bits per heavy atom. The van der Waals surface area contributed by atoms with Crippen LogP contribution in [0.4, 0.5) is 11.4 Å². The second-order valence-corrected chi connectivity index (χ2v) is 7.82. The first-order valence-electron chi connectivity index (χ1n) is 10.1. The SMILES string of the molecule is Cc1ccccc1N1CCN(C2CCC(Nc3ccccc3)CC2)CC1=O. The number of rotatable bonds is 4. The molecule has 0 unspecified atom stereocenters. The van der Waals surface area contributed by atoms with Crippen molar-refractivity contribution in [1.29, 1.82) is 0 Å². The molecule has 1 saturated heterocycles. The fraction of sp³-hybridized carbons (Fsp3) is 0.435. The number of piperazine rings is 1. The van der Waals surface area contributed by atoms with Crippen LogP contribution in [0, 0.1) is 6.92 Å². The van der Waals surface area contributed by atoms with Crippen LogP contribution in [0.25, 0.3) is 0 Å². The molecule has 2 aliphatic rings. The van der Waals surface area contributed by atoms with Crippen LogP contribution in [-0.4, -0.2) is 42.5 Å². The number of nitrogens with zero attached hydrogens (tertiary/aromatic N) is 2. The molecule has 1 aliphatic heterocycles. The van der Waals surface area contributed by atoms with Crippen LogP contribution in [0.5, 0.6) is 0 Å². The summed E-state index contributed by atoms with van der Waals surface area (Å²) in [7, 11) is 0. The largest absolute Gasteiger partial charge is 0.382 e. The maximum absolute atomic E-state index is 12.8. The molecule has 4 nitrogen and oxygen atoms in total. The fourth-order valence-electron chi connectivity index (χ4n) is 4.48. The Morgan fingerprint density at radius 3 is 2.30 bits per heavy atom. The number of hydrogen-bond donors (Lipinski definition) is 1. The molecule has 142 valence electrons. The third-order valence-electron chi connectivity index (χ3n) is 6.01. The maximum Gasteiger partial charge on any atom is 0.241 e. The predicted octanol–water partition coefficient (Wildman–Crippen LogP) is 4.07. The molecule has 0 bridgehead atoms. The van der Waals surface area contributed by atoms with Gasteiger partial charge in [0, 0.05) is 36.5 Å². The van der Waals surface area contributed by atoms with Gasteiger partial charge in [-0.25, -0.2) is 0 Å². The van der Waals surface area contributed by atoms with Crippen molar-refractivity contribution in [2.45, 2.75) is 44.7 Å². The van der Waals surface area contributed by atoms with E-state index in [0.29, 0.717) is 18.6 Å². The van der Waals surface area contributed by atoms with Gasteiger partial charge in [-0.05, 0) is 56.4 Å². The fourth-order valence-corrected chi connectivity index (χ4v) is 4.48. The predicted molar refractivity (Wildman–Crippen MR) is 111 cm³/mol. The Morgan fingerprint density at radius 2 is 1.59 bits per heavy atom. The third kappa shape index (κ3) is 4.16. The molecule has 4 rings (SSSR count). The van der Waals surface area contributed by atoms with Crippen molar-refractivity contribution in [3.8, 4) is 0 Å². The molecule has 1 heterocycles. The van der Waals surface area contributed by atoms with E-state index in [2.05, 4.69) is 59.6 Å². The van der Waals surface area contributed by atoms with Gasteiger partial charge in [-0.15, -0.1) is 0 Å². The van der Waals surface area contributed by atoms with Gasteiger partial charge in [0.05, 0.1) is 6.54 Å². The summed E-state index contributed by atoms with van der Waals surface area (Å²) in [5.41, 5.74) is 3.45. The molecule has 2 aromatic rings. The highest BCUT2D eigenvalue weighted by molar-refractivity contribution is 5.96. The Hall–Kier alpha value is -2.33. The van der Waals surface area contributed by atoms with E-state index in [9.17, 15) is 4.79 Å². The first kappa shape index (κ1) is 18.1. The Kier molecular flexibility index (Phi) is 5.44. The highest BCUT2D eigenvalue weighted by atomic mass is 16.2. The van der Waals surface area contributed by atoms with Crippen molar-refractivity contribution in [3.63, 3.8) is 0 Å². The Labute approximate surface area is 162 Å². The van der Waals surface area contributed by atoms with Gasteiger partial charge in [-0.3, -0.25) is 9.69 Å². The lowest BCUT2D eigenvalue weighted by molar-refractivity contribution is -0.122. The molecule has 1 amide bonds. The van der Waals surface area contributed by atoms with Gasteiger partial charge >= 0.3 is 0 Å². The van der Waals surface area contributed by atoms with Crippen LogP contribution in [-0.2, 0) is 4.79 Å². The number of aryl methyl sites for hydroxylation is 1. The monoisotopic (exact) mass is 363 g/mol. The molecule has 1 N–H and O–H groups in total. The zero-order valence-corrected chi connectivity index (χ0v) is 16.1. The summed E-state index contributed by atoms with van der Waals surface area (Å²) in [6, 6.07) is 19.8. The molecule has 2 aromatic carbocycles. The van der Waals surface area contributed by atoms with Gasteiger partial charge in [0.15, 0.2) is 0 Å². The first-order chi connectivity index (χ1) is 13.2. The van der Waals surface area contributed by atoms with E-state index < -0.39 is 0 Å². The van der Waals surface area contributed by atoms with Crippen molar-refractivity contribution in [2.24, 2.45) is 0 Å². The van der Waals surface area contributed by atoms with E-state index in [1.54, 1.807) is 0 Å². The molecule has 0 aromatic heterocycles. The molecule has 1 aliphatic carbocycles. The average Bonchev–Trinajstić information content (AvgIpc) is 2.70. The average molecular weight is 364 g/mol. The lowest BCUT2D eigenvalue weighted by Gasteiger charge is -2.42. The third-order valence-corrected chi connectivity index (χ3v) is 6.01. The van der Waals surface area contributed by atoms with Crippen molar-refractivity contribution in [2.75, 3.05) is 29.9 Å². The summed E-state index contributed by atoms with van der Waals surface area (Å²) in [4.78, 5) is 17.2. The maximum atomic E-state index is 12.8. The number of amides is 1. The van der Waals surface area contributed by atoms with E-state index >= 15 is 0 Å². The zero-order chi connectivity index (χ0) is 18.6. The van der Waals surface area contributed by atoms with Crippen LogP contribution in [0.1, 0.15) is 31.2 Å². The number of carbonyl (C=O) groups excluding carboxylic acids is 1. The summed E-state index contributed by atoms with van der Waals surface area (Å²) in [6.45, 7) is 4.40. The van der Waals surface area contributed by atoms with Gasteiger partial charge < -0.3 is 10.2 Å². The van der Waals surface area contributed by atoms with Crippen molar-refractivity contribution < 1.29 is 4.79 Å². The number of anilines is 2. The normalized spacial score (nSPS) is 24.0. The number of benzene rings is 2. The molecule has 0 radical (unpaired) electrons. The molecule has 0 spiro atoms. The second kappa shape index (κ2) is 8.13. The van der Waals surface area contributed by atoms with Gasteiger partial charge in [-0.2, -0.15) is 0 Å². The smallest absolute Gasteiger partial charge is 0.241 e. The van der Waals surface area contributed by atoms with Crippen molar-refractivity contribution >= 4 is 17.3 Å². The molecular formula is C23H29N3O. The van der Waals surface area contributed by atoms with Crippen LogP contribution in [0.15, 0.2) is 54.6 Å². The lowest BCUT2D eigenvalue weighted by Crippen LogP contribution is -2.54. The summed E-state index contributed by atoms with van der Waals surface area (Å²) in [6.07, 6.45) is 4.68. The molecule has 4 heteroatoms. The minimum atomic E-state index is 0.236. The van der Waals surface area contributed by atoms with Gasteiger partial charge in [0.2, 0.25) is 5.91 Å². The van der Waals surface area contributed by atoms with Gasteiger partial charge in [0.25, 0.3) is 0 Å². The summed E-state index contributed by atoms with van der Waals surface area (Å²) >= 11 is 0. The second-order valence-electron chi connectivity index (χ2n) is 7.82. The van der Waals surface area contributed by atoms with E-state index in [1.807, 2.05) is 17.0 Å². The summed E-state index contributed by atoms with van der Waals surface area (Å²) < 4.78 is 0. The number of hydrogen-bond acceptors (Lipinski definition) is 3.